The summed E-state index contributed by atoms with van der Waals surface area (Å²) in [6.45, 7) is 5.46. The molecule has 64 valence electrons. The van der Waals surface area contributed by atoms with E-state index in [2.05, 4.69) is 11.9 Å². The van der Waals surface area contributed by atoms with Gasteiger partial charge in [0.1, 0.15) is 0 Å². The Balaban J connectivity index is 2.30. The lowest BCUT2D eigenvalue weighted by Crippen LogP contribution is -2.50. The lowest BCUT2D eigenvalue weighted by atomic mass is 10.2. The fraction of sp³-hybridized carbons (Fsp3) is 0.750. The molecule has 1 aliphatic rings. The molecule has 1 atom stereocenters. The summed E-state index contributed by atoms with van der Waals surface area (Å²) in [5.41, 5.74) is 0. The van der Waals surface area contributed by atoms with Gasteiger partial charge in [0.15, 0.2) is 0 Å². The highest BCUT2D eigenvalue weighted by Crippen LogP contribution is 2.18. The van der Waals surface area contributed by atoms with Crippen LogP contribution in [-0.2, 0) is 4.74 Å². The minimum Gasteiger partial charge on any atom is -0.365 e. The van der Waals surface area contributed by atoms with Gasteiger partial charge in [0.25, 0.3) is 0 Å². The molecule has 2 nitrogen and oxygen atoms in total. The van der Waals surface area contributed by atoms with Gasteiger partial charge in [0, 0.05) is 13.2 Å². The lowest BCUT2D eigenvalue weighted by Gasteiger charge is -2.34. The molecule has 0 aromatic rings. The first-order valence-electron chi connectivity index (χ1n) is 4.27. The van der Waals surface area contributed by atoms with Crippen molar-refractivity contribution in [2.24, 2.45) is 0 Å². The molecule has 1 unspecified atom stereocenters. The first-order chi connectivity index (χ1) is 5.27. The zero-order valence-corrected chi connectivity index (χ0v) is 9.23. The second-order valence-electron chi connectivity index (χ2n) is 3.21. The molecule has 1 heterocycles. The highest BCUT2D eigenvalue weighted by molar-refractivity contribution is 6.14. The third-order valence-corrected chi connectivity index (χ3v) is 3.23. The second-order valence-corrected chi connectivity index (χ2v) is 4.82. The molecular formula is C8H17NOSi. The molecule has 0 aliphatic carbocycles. The number of hydrogen-bond donors (Lipinski definition) is 1. The highest BCUT2D eigenvalue weighted by atomic mass is 28.1. The third-order valence-electron chi connectivity index (χ3n) is 2.09. The van der Waals surface area contributed by atoms with Crippen molar-refractivity contribution in [1.29, 1.82) is 0 Å². The molecule has 3 heteroatoms. The van der Waals surface area contributed by atoms with E-state index in [1.807, 2.05) is 6.08 Å². The molecule has 11 heavy (non-hydrogen) atoms. The van der Waals surface area contributed by atoms with Crippen LogP contribution in [0, 0.1) is 0 Å². The Bertz CT molecular complexity index is 132. The van der Waals surface area contributed by atoms with Gasteiger partial charge in [0.2, 0.25) is 0 Å². The molecule has 1 rings (SSSR count). The van der Waals surface area contributed by atoms with Crippen molar-refractivity contribution < 1.29 is 4.74 Å². The summed E-state index contributed by atoms with van der Waals surface area (Å²) in [5, 5.41) is 3.42. The molecule has 1 fully saturated rings. The predicted octanol–water partition coefficient (Wildman–Crippen LogP) is -0.0183. The monoisotopic (exact) mass is 171 g/mol. The fourth-order valence-corrected chi connectivity index (χ4v) is 2.12. The van der Waals surface area contributed by atoms with E-state index in [0.29, 0.717) is 0 Å². The average Bonchev–Trinajstić information content (AvgIpc) is 2.03. The van der Waals surface area contributed by atoms with Gasteiger partial charge in [-0.1, -0.05) is 6.08 Å². The summed E-state index contributed by atoms with van der Waals surface area (Å²) in [7, 11) is 1.06. The van der Waals surface area contributed by atoms with Crippen LogP contribution in [0.5, 0.6) is 0 Å². The Morgan fingerprint density at radius 1 is 1.64 bits per heavy atom. The minimum atomic E-state index is 0.0481. The van der Waals surface area contributed by atoms with Gasteiger partial charge in [-0.2, -0.15) is 0 Å². The van der Waals surface area contributed by atoms with Gasteiger partial charge in [-0.25, -0.2) is 0 Å². The van der Waals surface area contributed by atoms with Crippen molar-refractivity contribution in [2.75, 3.05) is 13.2 Å². The SMILES string of the molecule is C=CCNC1([SiH3])CCCCO1. The third kappa shape index (κ3) is 2.77. The van der Waals surface area contributed by atoms with Gasteiger partial charge in [-0.3, -0.25) is 5.32 Å². The first-order valence-corrected chi connectivity index (χ1v) is 5.27. The zero-order chi connectivity index (χ0) is 8.16. The largest absolute Gasteiger partial charge is 0.365 e. The predicted molar refractivity (Wildman–Crippen MR) is 50.7 cm³/mol. The molecule has 0 aromatic carbocycles. The molecular weight excluding hydrogens is 154 g/mol. The van der Waals surface area contributed by atoms with Crippen LogP contribution >= 0.6 is 0 Å². The molecule has 0 bridgehead atoms. The first kappa shape index (κ1) is 8.97. The maximum absolute atomic E-state index is 5.67. The summed E-state index contributed by atoms with van der Waals surface area (Å²) in [5.74, 6) is 0. The molecule has 0 aromatic heterocycles. The molecule has 0 amide bonds. The second kappa shape index (κ2) is 4.04. The van der Waals surface area contributed by atoms with E-state index in [0.717, 1.165) is 23.4 Å². The van der Waals surface area contributed by atoms with Gasteiger partial charge in [-0.15, -0.1) is 6.58 Å². The van der Waals surface area contributed by atoms with E-state index in [4.69, 9.17) is 4.74 Å². The number of ether oxygens (including phenoxy) is 1. The van der Waals surface area contributed by atoms with Crippen molar-refractivity contribution in [2.45, 2.75) is 24.6 Å². The van der Waals surface area contributed by atoms with E-state index in [-0.39, 0.29) is 5.35 Å². The molecule has 1 saturated heterocycles. The number of hydrogen-bond acceptors (Lipinski definition) is 2. The van der Waals surface area contributed by atoms with Crippen LogP contribution in [0.3, 0.4) is 0 Å². The summed E-state index contributed by atoms with van der Waals surface area (Å²) in [4.78, 5) is 0. The van der Waals surface area contributed by atoms with Crippen molar-refractivity contribution in [3.63, 3.8) is 0 Å². The average molecular weight is 171 g/mol. The van der Waals surface area contributed by atoms with Crippen LogP contribution in [0.2, 0.25) is 0 Å². The maximum Gasteiger partial charge on any atom is 0.0948 e. The van der Waals surface area contributed by atoms with Crippen molar-refractivity contribution >= 4 is 10.2 Å². The van der Waals surface area contributed by atoms with E-state index < -0.39 is 0 Å². The molecule has 0 spiro atoms. The van der Waals surface area contributed by atoms with E-state index in [9.17, 15) is 0 Å². The zero-order valence-electron chi connectivity index (χ0n) is 7.23. The van der Waals surface area contributed by atoms with E-state index >= 15 is 0 Å². The van der Waals surface area contributed by atoms with Crippen LogP contribution < -0.4 is 5.32 Å². The Hall–Kier alpha value is -0.123. The molecule has 1 aliphatic heterocycles. The summed E-state index contributed by atoms with van der Waals surface area (Å²) >= 11 is 0. The van der Waals surface area contributed by atoms with Gasteiger partial charge in [-0.05, 0) is 19.3 Å². The summed E-state index contributed by atoms with van der Waals surface area (Å²) in [6.07, 6.45) is 5.58. The molecule has 0 radical (unpaired) electrons. The smallest absolute Gasteiger partial charge is 0.0948 e. The standard InChI is InChI=1S/C8H17NOSi/c1-2-6-9-8(11)5-3-4-7-10-8/h2,9H,1,3-7H2,11H3. The Labute approximate surface area is 71.4 Å². The van der Waals surface area contributed by atoms with Crippen LogP contribution in [0.15, 0.2) is 12.7 Å². The number of nitrogens with one attached hydrogen (secondary N) is 1. The lowest BCUT2D eigenvalue weighted by molar-refractivity contribution is -0.0376. The summed E-state index contributed by atoms with van der Waals surface area (Å²) in [6, 6.07) is 0. The van der Waals surface area contributed by atoms with Gasteiger partial charge in [0.05, 0.1) is 15.6 Å². The topological polar surface area (TPSA) is 21.3 Å². The van der Waals surface area contributed by atoms with E-state index in [1.54, 1.807) is 0 Å². The number of rotatable bonds is 3. The Kier molecular flexibility index (Phi) is 3.30. The maximum atomic E-state index is 5.67. The van der Waals surface area contributed by atoms with E-state index in [1.165, 1.54) is 19.3 Å². The van der Waals surface area contributed by atoms with Gasteiger partial charge >= 0.3 is 0 Å². The van der Waals surface area contributed by atoms with Crippen LogP contribution in [0.4, 0.5) is 0 Å². The van der Waals surface area contributed by atoms with Crippen molar-refractivity contribution in [3.05, 3.63) is 12.7 Å². The van der Waals surface area contributed by atoms with Crippen molar-refractivity contribution in [3.8, 4) is 0 Å². The molecule has 1 N–H and O–H groups in total. The summed E-state index contributed by atoms with van der Waals surface area (Å²) < 4.78 is 5.67. The van der Waals surface area contributed by atoms with Crippen LogP contribution in [0.1, 0.15) is 19.3 Å². The van der Waals surface area contributed by atoms with Crippen LogP contribution in [0.25, 0.3) is 0 Å². The Morgan fingerprint density at radius 2 is 2.45 bits per heavy atom. The van der Waals surface area contributed by atoms with Crippen molar-refractivity contribution in [1.82, 2.24) is 5.32 Å². The van der Waals surface area contributed by atoms with Crippen LogP contribution in [-0.4, -0.2) is 28.7 Å². The fourth-order valence-electron chi connectivity index (χ4n) is 1.36. The normalized spacial score (nSPS) is 32.0. The Morgan fingerprint density at radius 3 is 3.00 bits per heavy atom. The minimum absolute atomic E-state index is 0.0481. The van der Waals surface area contributed by atoms with Gasteiger partial charge < -0.3 is 4.74 Å². The molecule has 0 saturated carbocycles. The quantitative estimate of drug-likeness (QED) is 0.476. The highest BCUT2D eigenvalue weighted by Gasteiger charge is 2.25.